The van der Waals surface area contributed by atoms with Crippen LogP contribution < -0.4 is 10.1 Å². The van der Waals surface area contributed by atoms with E-state index in [-0.39, 0.29) is 12.1 Å². The van der Waals surface area contributed by atoms with Gasteiger partial charge in [-0.15, -0.1) is 21.5 Å². The summed E-state index contributed by atoms with van der Waals surface area (Å²) in [4.78, 5) is 3.81. The molecule has 192 valence electrons. The molecule has 1 aromatic carbocycles. The van der Waals surface area contributed by atoms with Crippen LogP contribution >= 0.6 is 11.3 Å². The molecule has 3 aromatic rings. The van der Waals surface area contributed by atoms with Gasteiger partial charge >= 0.3 is 0 Å². The van der Waals surface area contributed by atoms with Crippen molar-refractivity contribution in [3.8, 4) is 10.8 Å². The van der Waals surface area contributed by atoms with Crippen LogP contribution in [-0.2, 0) is 0 Å². The zero-order chi connectivity index (χ0) is 25.2. The lowest BCUT2D eigenvalue weighted by molar-refractivity contribution is 0.197. The quantitative estimate of drug-likeness (QED) is 0.473. The SMILES string of the molecule is COc1cc(C2c3c(sc(C)c3C)-n3c(C)nnc3[C@H](C)N2C)ccc1C1CCC2(CCNC2)CC1. The van der Waals surface area contributed by atoms with Gasteiger partial charge in [0.1, 0.15) is 16.6 Å². The van der Waals surface area contributed by atoms with Crippen molar-refractivity contribution in [2.45, 2.75) is 77.8 Å². The van der Waals surface area contributed by atoms with Crippen molar-refractivity contribution in [1.82, 2.24) is 25.0 Å². The smallest absolute Gasteiger partial charge is 0.155 e. The summed E-state index contributed by atoms with van der Waals surface area (Å²) in [6, 6.07) is 7.31. The number of nitrogens with zero attached hydrogens (tertiary/aromatic N) is 4. The molecule has 3 aliphatic rings. The fraction of sp³-hybridized carbons (Fsp3) is 0.586. The first-order chi connectivity index (χ1) is 17.3. The van der Waals surface area contributed by atoms with Crippen LogP contribution in [0.3, 0.4) is 0 Å². The average molecular weight is 506 g/mol. The van der Waals surface area contributed by atoms with Crippen LogP contribution in [0.25, 0.3) is 5.00 Å². The van der Waals surface area contributed by atoms with Crippen molar-refractivity contribution in [2.24, 2.45) is 5.41 Å². The lowest BCUT2D eigenvalue weighted by Gasteiger charge is -2.37. The number of aromatic nitrogens is 3. The molecule has 0 bridgehead atoms. The molecule has 1 aliphatic carbocycles. The number of methoxy groups -OCH3 is 1. The number of hydrogen-bond donors (Lipinski definition) is 1. The van der Waals surface area contributed by atoms with Gasteiger partial charge < -0.3 is 10.1 Å². The van der Waals surface area contributed by atoms with Crippen molar-refractivity contribution in [1.29, 1.82) is 0 Å². The third-order valence-corrected chi connectivity index (χ3v) is 10.7. The molecule has 7 heteroatoms. The number of fused-ring (bicyclic) bond motifs is 3. The summed E-state index contributed by atoms with van der Waals surface area (Å²) >= 11 is 1.86. The Bertz CT molecular complexity index is 1280. The first-order valence-corrected chi connectivity index (χ1v) is 14.3. The van der Waals surface area contributed by atoms with Crippen LogP contribution in [0.4, 0.5) is 0 Å². The number of nitrogens with one attached hydrogen (secondary N) is 1. The molecule has 1 N–H and O–H groups in total. The van der Waals surface area contributed by atoms with Crippen LogP contribution in [0.15, 0.2) is 18.2 Å². The first kappa shape index (κ1) is 24.1. The summed E-state index contributed by atoms with van der Waals surface area (Å²) in [5.41, 5.74) is 5.96. The number of thiophene rings is 1. The van der Waals surface area contributed by atoms with E-state index in [9.17, 15) is 0 Å². The maximum atomic E-state index is 6.07. The maximum absolute atomic E-state index is 6.07. The molecule has 4 heterocycles. The Morgan fingerprint density at radius 1 is 1.11 bits per heavy atom. The van der Waals surface area contributed by atoms with E-state index in [1.807, 2.05) is 18.4 Å². The molecule has 2 aromatic heterocycles. The van der Waals surface area contributed by atoms with Gasteiger partial charge in [-0.1, -0.05) is 12.1 Å². The Hall–Kier alpha value is -2.22. The van der Waals surface area contributed by atoms with Gasteiger partial charge in [0.15, 0.2) is 5.82 Å². The van der Waals surface area contributed by atoms with Gasteiger partial charge in [-0.3, -0.25) is 9.47 Å². The Morgan fingerprint density at radius 2 is 1.89 bits per heavy atom. The van der Waals surface area contributed by atoms with E-state index in [0.29, 0.717) is 11.3 Å². The Balaban J connectivity index is 1.39. The van der Waals surface area contributed by atoms with Crippen molar-refractivity contribution >= 4 is 11.3 Å². The molecule has 0 radical (unpaired) electrons. The second-order valence-electron chi connectivity index (χ2n) is 11.4. The average Bonchev–Trinajstić information content (AvgIpc) is 3.56. The Kier molecular flexibility index (Phi) is 6.01. The number of rotatable bonds is 3. The molecule has 0 amide bonds. The minimum atomic E-state index is 0.128. The lowest BCUT2D eigenvalue weighted by atomic mass is 9.68. The molecular weight excluding hydrogens is 466 g/mol. The van der Waals surface area contributed by atoms with E-state index in [0.717, 1.165) is 17.4 Å². The molecule has 1 spiro atoms. The van der Waals surface area contributed by atoms with Crippen molar-refractivity contribution in [3.63, 3.8) is 0 Å². The minimum Gasteiger partial charge on any atom is -0.496 e. The molecule has 1 unspecified atom stereocenters. The van der Waals surface area contributed by atoms with E-state index in [2.05, 4.69) is 77.9 Å². The highest BCUT2D eigenvalue weighted by molar-refractivity contribution is 7.14. The van der Waals surface area contributed by atoms with E-state index >= 15 is 0 Å². The van der Waals surface area contributed by atoms with E-state index in [4.69, 9.17) is 4.74 Å². The van der Waals surface area contributed by atoms with E-state index in [1.165, 1.54) is 77.3 Å². The van der Waals surface area contributed by atoms with Gasteiger partial charge in [-0.25, -0.2) is 0 Å². The summed E-state index contributed by atoms with van der Waals surface area (Å²) in [5.74, 6) is 3.60. The van der Waals surface area contributed by atoms with Gasteiger partial charge in [0.05, 0.1) is 19.2 Å². The van der Waals surface area contributed by atoms with Gasteiger partial charge in [0.25, 0.3) is 0 Å². The Labute approximate surface area is 219 Å². The predicted molar refractivity (Wildman–Crippen MR) is 146 cm³/mol. The molecule has 2 atom stereocenters. The Morgan fingerprint density at radius 3 is 2.58 bits per heavy atom. The lowest BCUT2D eigenvalue weighted by Crippen LogP contribution is -2.29. The van der Waals surface area contributed by atoms with Crippen LogP contribution in [0.5, 0.6) is 5.75 Å². The van der Waals surface area contributed by atoms with Gasteiger partial charge in [-0.05, 0) is 107 Å². The van der Waals surface area contributed by atoms with Crippen LogP contribution in [0.2, 0.25) is 0 Å². The summed E-state index contributed by atoms with van der Waals surface area (Å²) < 4.78 is 8.35. The summed E-state index contributed by atoms with van der Waals surface area (Å²) in [5, 5.41) is 13.9. The molecule has 1 saturated carbocycles. The van der Waals surface area contributed by atoms with Crippen molar-refractivity contribution in [3.05, 3.63) is 57.0 Å². The minimum absolute atomic E-state index is 0.128. The second-order valence-corrected chi connectivity index (χ2v) is 12.6. The standard InChI is InChI=1S/C29H39N5OS/c1-17-19(3)36-28-25(17)26(33(5)18(2)27-32-31-20(4)34(27)28)22-7-8-23(24(15-22)35-6)21-9-11-29(12-10-21)13-14-30-16-29/h7-8,15,18,21,26,30H,9-14,16H2,1-6H3/t18-,21?,26?,29?/m0/s1. The zero-order valence-corrected chi connectivity index (χ0v) is 23.3. The van der Waals surface area contributed by atoms with Gasteiger partial charge in [0.2, 0.25) is 0 Å². The zero-order valence-electron chi connectivity index (χ0n) is 22.5. The fourth-order valence-electron chi connectivity index (χ4n) is 7.02. The summed E-state index contributed by atoms with van der Waals surface area (Å²) in [6.07, 6.45) is 6.52. The van der Waals surface area contributed by atoms with Crippen molar-refractivity contribution < 1.29 is 4.74 Å². The molecule has 6 nitrogen and oxygen atoms in total. The van der Waals surface area contributed by atoms with Gasteiger partial charge in [0, 0.05) is 17.0 Å². The number of aryl methyl sites for hydroxylation is 2. The monoisotopic (exact) mass is 505 g/mol. The number of ether oxygens (including phenoxy) is 1. The van der Waals surface area contributed by atoms with Gasteiger partial charge in [-0.2, -0.15) is 0 Å². The molecular formula is C29H39N5OS. The van der Waals surface area contributed by atoms with Crippen LogP contribution in [-0.4, -0.2) is 46.9 Å². The molecule has 2 fully saturated rings. The fourth-order valence-corrected chi connectivity index (χ4v) is 8.27. The van der Waals surface area contributed by atoms with Crippen molar-refractivity contribution in [2.75, 3.05) is 27.2 Å². The normalized spacial score (nSPS) is 28.2. The molecule has 6 rings (SSSR count). The highest BCUT2D eigenvalue weighted by Crippen LogP contribution is 2.50. The maximum Gasteiger partial charge on any atom is 0.155 e. The number of hydrogen-bond acceptors (Lipinski definition) is 6. The second kappa shape index (κ2) is 8.96. The van der Waals surface area contributed by atoms with Crippen LogP contribution in [0, 0.1) is 26.2 Å². The topological polar surface area (TPSA) is 55.2 Å². The third-order valence-electron chi connectivity index (χ3n) is 9.52. The largest absolute Gasteiger partial charge is 0.496 e. The van der Waals surface area contributed by atoms with Crippen LogP contribution in [0.1, 0.15) is 95.8 Å². The molecule has 2 aliphatic heterocycles. The number of benzene rings is 1. The van der Waals surface area contributed by atoms with E-state index in [1.54, 1.807) is 0 Å². The third kappa shape index (κ3) is 3.65. The highest BCUT2D eigenvalue weighted by atomic mass is 32.1. The summed E-state index contributed by atoms with van der Waals surface area (Å²) in [6.45, 7) is 11.2. The summed E-state index contributed by atoms with van der Waals surface area (Å²) in [7, 11) is 4.06. The first-order valence-electron chi connectivity index (χ1n) is 13.5. The highest BCUT2D eigenvalue weighted by Gasteiger charge is 2.40. The predicted octanol–water partition coefficient (Wildman–Crippen LogP) is 6.00. The molecule has 1 saturated heterocycles. The van der Waals surface area contributed by atoms with E-state index < -0.39 is 0 Å². The molecule has 36 heavy (non-hydrogen) atoms.